The summed E-state index contributed by atoms with van der Waals surface area (Å²) in [6, 6.07) is 20.3. The third-order valence-electron chi connectivity index (χ3n) is 6.49. The Hall–Kier alpha value is -2.95. The number of nitrogens with two attached hydrogens (primary N) is 1. The van der Waals surface area contributed by atoms with Gasteiger partial charge in [0, 0.05) is 12.3 Å². The number of aliphatic hydroxyl groups is 3. The van der Waals surface area contributed by atoms with Gasteiger partial charge in [-0.1, -0.05) is 60.7 Å². The van der Waals surface area contributed by atoms with Crippen molar-refractivity contribution in [1.82, 2.24) is 4.90 Å². The van der Waals surface area contributed by atoms with Crippen LogP contribution in [0.1, 0.15) is 23.5 Å². The number of fused-ring (bicyclic) bond motifs is 1. The molecule has 2 aromatic rings. The normalized spacial score (nSPS) is 31.0. The molecule has 1 saturated heterocycles. The minimum absolute atomic E-state index is 0.0282. The Morgan fingerprint density at radius 3 is 2.24 bits per heavy atom. The van der Waals surface area contributed by atoms with Crippen molar-refractivity contribution in [2.75, 3.05) is 13.3 Å². The molecule has 0 saturated carbocycles. The molecule has 9 nitrogen and oxygen atoms in total. The van der Waals surface area contributed by atoms with Crippen LogP contribution in [0.4, 0.5) is 0 Å². The SMILES string of the molecule is NC1(CC(c2ccccc2)c2ccccc2)N=CN=C2C1=NCN2[C@@H]1O[C@H](CO)[C@@H](O)[C@H]1O. The van der Waals surface area contributed by atoms with Crippen molar-refractivity contribution in [1.29, 1.82) is 0 Å². The van der Waals surface area contributed by atoms with E-state index in [1.54, 1.807) is 4.90 Å². The Kier molecular flexibility index (Phi) is 5.81. The fourth-order valence-electron chi connectivity index (χ4n) is 4.73. The highest BCUT2D eigenvalue weighted by Gasteiger charge is 2.51. The Balaban J connectivity index is 1.43. The summed E-state index contributed by atoms with van der Waals surface area (Å²) in [6.07, 6.45) is -2.32. The summed E-state index contributed by atoms with van der Waals surface area (Å²) in [6.45, 7) is -0.245. The number of rotatable bonds is 6. The molecule has 5 rings (SSSR count). The third-order valence-corrected chi connectivity index (χ3v) is 6.49. The van der Waals surface area contributed by atoms with Crippen molar-refractivity contribution < 1.29 is 20.1 Å². The summed E-state index contributed by atoms with van der Waals surface area (Å²) in [4.78, 5) is 15.2. The molecule has 33 heavy (non-hydrogen) atoms. The monoisotopic (exact) mass is 449 g/mol. The average molecular weight is 450 g/mol. The van der Waals surface area contributed by atoms with Crippen molar-refractivity contribution >= 4 is 17.9 Å². The molecular weight excluding hydrogens is 422 g/mol. The molecule has 0 aromatic heterocycles. The molecule has 9 heteroatoms. The van der Waals surface area contributed by atoms with Crippen LogP contribution in [-0.4, -0.2) is 81.6 Å². The van der Waals surface area contributed by atoms with Crippen molar-refractivity contribution in [3.63, 3.8) is 0 Å². The van der Waals surface area contributed by atoms with Gasteiger partial charge in [-0.3, -0.25) is 4.99 Å². The van der Waals surface area contributed by atoms with Gasteiger partial charge < -0.3 is 30.7 Å². The van der Waals surface area contributed by atoms with Gasteiger partial charge >= 0.3 is 0 Å². The van der Waals surface area contributed by atoms with Gasteiger partial charge in [-0.15, -0.1) is 0 Å². The molecular formula is C24H27N5O4. The molecule has 0 aliphatic carbocycles. The number of nitrogens with zero attached hydrogens (tertiary/aromatic N) is 4. The molecule has 172 valence electrons. The molecule has 3 heterocycles. The molecule has 5 N–H and O–H groups in total. The fourth-order valence-corrected chi connectivity index (χ4v) is 4.73. The molecule has 0 spiro atoms. The number of ether oxygens (including phenoxy) is 1. The van der Waals surface area contributed by atoms with Gasteiger partial charge in [-0.25, -0.2) is 9.98 Å². The predicted octanol–water partition coefficient (Wildman–Crippen LogP) is 0.457. The Bertz CT molecular complexity index is 1040. The number of hydrogen-bond donors (Lipinski definition) is 4. The van der Waals surface area contributed by atoms with Crippen molar-refractivity contribution in [3.8, 4) is 0 Å². The quantitative estimate of drug-likeness (QED) is 0.506. The van der Waals surface area contributed by atoms with Gasteiger partial charge in [-0.05, 0) is 11.1 Å². The first-order chi connectivity index (χ1) is 16.0. The molecule has 3 aliphatic rings. The van der Waals surface area contributed by atoms with Crippen LogP contribution in [-0.2, 0) is 4.74 Å². The predicted molar refractivity (Wildman–Crippen MR) is 124 cm³/mol. The highest BCUT2D eigenvalue weighted by molar-refractivity contribution is 6.47. The maximum atomic E-state index is 10.5. The summed E-state index contributed by atoms with van der Waals surface area (Å²) < 4.78 is 5.69. The summed E-state index contributed by atoms with van der Waals surface area (Å²) in [5, 5.41) is 30.1. The zero-order chi connectivity index (χ0) is 23.0. The van der Waals surface area contributed by atoms with E-state index in [4.69, 9.17) is 10.5 Å². The average Bonchev–Trinajstić information content (AvgIpc) is 3.41. The first-order valence-electron chi connectivity index (χ1n) is 11.0. The van der Waals surface area contributed by atoms with Crippen LogP contribution < -0.4 is 5.73 Å². The lowest BCUT2D eigenvalue weighted by Gasteiger charge is -2.34. The van der Waals surface area contributed by atoms with E-state index in [-0.39, 0.29) is 12.6 Å². The van der Waals surface area contributed by atoms with E-state index in [1.165, 1.54) is 6.34 Å². The number of aliphatic hydroxyl groups excluding tert-OH is 3. The lowest BCUT2D eigenvalue weighted by atomic mass is 9.82. The molecule has 5 atom stereocenters. The van der Waals surface area contributed by atoms with E-state index in [2.05, 4.69) is 39.2 Å². The van der Waals surface area contributed by atoms with Crippen LogP contribution in [0.25, 0.3) is 0 Å². The third kappa shape index (κ3) is 3.88. The van der Waals surface area contributed by atoms with Crippen LogP contribution >= 0.6 is 0 Å². The largest absolute Gasteiger partial charge is 0.394 e. The van der Waals surface area contributed by atoms with Gasteiger partial charge in [0.15, 0.2) is 17.7 Å². The topological polar surface area (TPSA) is 136 Å². The van der Waals surface area contributed by atoms with E-state index in [0.717, 1.165) is 11.1 Å². The highest BCUT2D eigenvalue weighted by Crippen LogP contribution is 2.36. The lowest BCUT2D eigenvalue weighted by molar-refractivity contribution is -0.0688. The van der Waals surface area contributed by atoms with Gasteiger partial charge in [0.25, 0.3) is 0 Å². The summed E-state index contributed by atoms with van der Waals surface area (Å²) in [5.41, 5.74) is 8.48. The summed E-state index contributed by atoms with van der Waals surface area (Å²) >= 11 is 0. The van der Waals surface area contributed by atoms with Gasteiger partial charge in [0.2, 0.25) is 0 Å². The zero-order valence-corrected chi connectivity index (χ0v) is 18.0. The molecule has 1 unspecified atom stereocenters. The van der Waals surface area contributed by atoms with Crippen LogP contribution in [0.15, 0.2) is 75.6 Å². The minimum Gasteiger partial charge on any atom is -0.394 e. The Morgan fingerprint density at radius 1 is 1.03 bits per heavy atom. The maximum Gasteiger partial charge on any atom is 0.162 e. The zero-order valence-electron chi connectivity index (χ0n) is 18.0. The minimum atomic E-state index is -1.22. The smallest absolute Gasteiger partial charge is 0.162 e. The van der Waals surface area contributed by atoms with E-state index >= 15 is 0 Å². The standard InChI is InChI=1S/C24H27N5O4/c25-24(11-17(15-7-3-1-4-8-15)16-9-5-2-6-10-16)21-22(26-13-28-24)29(14-27-21)23-20(32)19(31)18(12-30)33-23/h1-10,13,17-20,23,30-32H,11-12,14,25H2/t18-,19-,20-,23-,24?/m1/s1. The van der Waals surface area contributed by atoms with Crippen molar-refractivity contribution in [3.05, 3.63) is 71.8 Å². The number of amidine groups is 1. The second-order valence-corrected chi connectivity index (χ2v) is 8.55. The van der Waals surface area contributed by atoms with Crippen LogP contribution in [0.2, 0.25) is 0 Å². The number of hydrogen-bond acceptors (Lipinski definition) is 9. The maximum absolute atomic E-state index is 10.5. The van der Waals surface area contributed by atoms with Gasteiger partial charge in [-0.2, -0.15) is 0 Å². The summed E-state index contributed by atoms with van der Waals surface area (Å²) in [5.74, 6) is 0.432. The van der Waals surface area contributed by atoms with Gasteiger partial charge in [0.05, 0.1) is 6.61 Å². The molecule has 3 aliphatic heterocycles. The molecule has 0 radical (unpaired) electrons. The number of aliphatic imine (C=N–C) groups is 3. The van der Waals surface area contributed by atoms with Crippen LogP contribution in [0.3, 0.4) is 0 Å². The fraction of sp³-hybridized carbons (Fsp3) is 0.375. The van der Waals surface area contributed by atoms with Crippen molar-refractivity contribution in [2.24, 2.45) is 20.7 Å². The first kappa shape index (κ1) is 21.9. The molecule has 1 fully saturated rings. The van der Waals surface area contributed by atoms with E-state index in [1.807, 2.05) is 36.4 Å². The molecule has 0 amide bonds. The Morgan fingerprint density at radius 2 is 1.67 bits per heavy atom. The van der Waals surface area contributed by atoms with E-state index in [0.29, 0.717) is 18.0 Å². The van der Waals surface area contributed by atoms with Crippen molar-refractivity contribution in [2.45, 2.75) is 42.5 Å². The Labute approximate surface area is 191 Å². The lowest BCUT2D eigenvalue weighted by Crippen LogP contribution is -2.56. The second-order valence-electron chi connectivity index (χ2n) is 8.55. The first-order valence-corrected chi connectivity index (χ1v) is 11.0. The summed E-state index contributed by atoms with van der Waals surface area (Å²) in [7, 11) is 0. The number of benzene rings is 2. The van der Waals surface area contributed by atoms with Crippen LogP contribution in [0, 0.1) is 0 Å². The van der Waals surface area contributed by atoms with Gasteiger partial charge in [0.1, 0.15) is 37.0 Å². The molecule has 2 aromatic carbocycles. The van der Waals surface area contributed by atoms with E-state index < -0.39 is 36.8 Å². The van der Waals surface area contributed by atoms with E-state index in [9.17, 15) is 15.3 Å². The molecule has 0 bridgehead atoms. The highest BCUT2D eigenvalue weighted by atomic mass is 16.6. The van der Waals surface area contributed by atoms with Crippen LogP contribution in [0.5, 0.6) is 0 Å². The second kappa shape index (κ2) is 8.77.